The number of hydrogen-bond acceptors (Lipinski definition) is 7. The minimum Gasteiger partial charge on any atom is -0.508 e. The Labute approximate surface area is 236 Å². The Balaban J connectivity index is 1.33. The SMILES string of the molecule is C#Cc1cccc2cc(O)cc(C(=O)N3Cc4nc(OCC5(CN(C)C)CC5)nc(N5CCCC(C)C5)c4C3)c12. The first-order valence-electron chi connectivity index (χ1n) is 14.2. The van der Waals surface area contributed by atoms with E-state index in [1.165, 1.54) is 12.5 Å². The lowest BCUT2D eigenvalue weighted by Crippen LogP contribution is -2.36. The summed E-state index contributed by atoms with van der Waals surface area (Å²) in [7, 11) is 4.19. The number of ether oxygens (including phenoxy) is 1. The summed E-state index contributed by atoms with van der Waals surface area (Å²) < 4.78 is 6.27. The summed E-state index contributed by atoms with van der Waals surface area (Å²) in [4.78, 5) is 30.1. The lowest BCUT2D eigenvalue weighted by Gasteiger charge is -2.33. The highest BCUT2D eigenvalue weighted by atomic mass is 16.5. The first kappa shape index (κ1) is 26.4. The number of phenols is 1. The number of nitrogens with zero attached hydrogens (tertiary/aromatic N) is 5. The van der Waals surface area contributed by atoms with E-state index in [9.17, 15) is 9.90 Å². The van der Waals surface area contributed by atoms with Gasteiger partial charge in [0.2, 0.25) is 0 Å². The number of anilines is 1. The van der Waals surface area contributed by atoms with Gasteiger partial charge in [-0.3, -0.25) is 4.79 Å². The number of piperidine rings is 1. The normalized spacial score (nSPS) is 19.5. The van der Waals surface area contributed by atoms with Crippen LogP contribution in [0.1, 0.15) is 59.8 Å². The highest BCUT2D eigenvalue weighted by Crippen LogP contribution is 2.46. The second kappa shape index (κ2) is 10.3. The van der Waals surface area contributed by atoms with Crippen LogP contribution >= 0.6 is 0 Å². The molecule has 3 aliphatic rings. The maximum Gasteiger partial charge on any atom is 0.318 e. The smallest absolute Gasteiger partial charge is 0.318 e. The van der Waals surface area contributed by atoms with Gasteiger partial charge in [-0.15, -0.1) is 6.42 Å². The maximum absolute atomic E-state index is 14.0. The molecule has 1 unspecified atom stereocenters. The Kier molecular flexibility index (Phi) is 6.79. The predicted octanol–water partition coefficient (Wildman–Crippen LogP) is 4.43. The van der Waals surface area contributed by atoms with Crippen molar-refractivity contribution < 1.29 is 14.6 Å². The Morgan fingerprint density at radius 1 is 1.25 bits per heavy atom. The minimum atomic E-state index is -0.190. The number of aromatic nitrogens is 2. The van der Waals surface area contributed by atoms with Crippen LogP contribution < -0.4 is 9.64 Å². The molecule has 0 bridgehead atoms. The van der Waals surface area contributed by atoms with Crippen LogP contribution in [0, 0.1) is 23.7 Å². The summed E-state index contributed by atoms with van der Waals surface area (Å²) in [6.07, 6.45) is 10.4. The molecular formula is C32H37N5O3. The molecule has 2 fully saturated rings. The van der Waals surface area contributed by atoms with E-state index in [1.54, 1.807) is 11.0 Å². The van der Waals surface area contributed by atoms with Crippen LogP contribution in [0.25, 0.3) is 10.8 Å². The fraction of sp³-hybridized carbons (Fsp3) is 0.469. The Morgan fingerprint density at radius 3 is 2.80 bits per heavy atom. The van der Waals surface area contributed by atoms with Crippen molar-refractivity contribution >= 4 is 22.5 Å². The van der Waals surface area contributed by atoms with Crippen molar-refractivity contribution in [3.8, 4) is 24.1 Å². The van der Waals surface area contributed by atoms with Crippen LogP contribution in [-0.4, -0.2) is 71.1 Å². The lowest BCUT2D eigenvalue weighted by molar-refractivity contribution is 0.0752. The highest BCUT2D eigenvalue weighted by molar-refractivity contribution is 6.09. The summed E-state index contributed by atoms with van der Waals surface area (Å²) in [5, 5.41) is 11.8. The number of phenolic OH excluding ortho intramolecular Hbond substituents is 1. The van der Waals surface area contributed by atoms with Crippen molar-refractivity contribution in [1.82, 2.24) is 19.8 Å². The summed E-state index contributed by atoms with van der Waals surface area (Å²) in [6.45, 7) is 6.44. The van der Waals surface area contributed by atoms with Crippen molar-refractivity contribution in [3.05, 3.63) is 52.7 Å². The number of hydrogen-bond donors (Lipinski definition) is 1. The first-order chi connectivity index (χ1) is 19.2. The van der Waals surface area contributed by atoms with Gasteiger partial charge in [0, 0.05) is 41.6 Å². The van der Waals surface area contributed by atoms with Crippen molar-refractivity contribution in [2.24, 2.45) is 11.3 Å². The second-order valence-corrected chi connectivity index (χ2v) is 12.2. The zero-order valence-electron chi connectivity index (χ0n) is 23.6. The molecule has 6 rings (SSSR count). The van der Waals surface area contributed by atoms with Gasteiger partial charge in [-0.05, 0) is 69.3 Å². The molecule has 2 aliphatic heterocycles. The van der Waals surface area contributed by atoms with Crippen LogP contribution in [0.15, 0.2) is 30.3 Å². The van der Waals surface area contributed by atoms with Gasteiger partial charge < -0.3 is 24.5 Å². The van der Waals surface area contributed by atoms with Crippen molar-refractivity contribution in [1.29, 1.82) is 0 Å². The molecule has 1 amide bonds. The molecule has 0 radical (unpaired) electrons. The fourth-order valence-electron chi connectivity index (χ4n) is 6.35. The Bertz CT molecular complexity index is 1510. The number of carbonyl (C=O) groups is 1. The molecular weight excluding hydrogens is 502 g/mol. The third kappa shape index (κ3) is 5.06. The van der Waals surface area contributed by atoms with Crippen LogP contribution in [-0.2, 0) is 13.1 Å². The van der Waals surface area contributed by atoms with Gasteiger partial charge in [0.1, 0.15) is 11.6 Å². The zero-order chi connectivity index (χ0) is 28.0. The molecule has 208 valence electrons. The average Bonchev–Trinajstić information content (AvgIpc) is 3.55. The molecule has 1 aliphatic carbocycles. The molecule has 1 aromatic heterocycles. The van der Waals surface area contributed by atoms with Gasteiger partial charge in [-0.1, -0.05) is 25.0 Å². The van der Waals surface area contributed by atoms with E-state index in [2.05, 4.69) is 36.7 Å². The lowest BCUT2D eigenvalue weighted by atomic mass is 9.98. The number of amides is 1. The van der Waals surface area contributed by atoms with E-state index in [1.807, 2.05) is 18.2 Å². The molecule has 40 heavy (non-hydrogen) atoms. The third-order valence-corrected chi connectivity index (χ3v) is 8.45. The summed E-state index contributed by atoms with van der Waals surface area (Å²) in [5.41, 5.74) is 2.99. The molecule has 2 aromatic carbocycles. The minimum absolute atomic E-state index is 0.0342. The third-order valence-electron chi connectivity index (χ3n) is 8.45. The van der Waals surface area contributed by atoms with Crippen molar-refractivity contribution in [2.75, 3.05) is 45.2 Å². The molecule has 1 saturated heterocycles. The predicted molar refractivity (Wildman–Crippen MR) is 155 cm³/mol. The zero-order valence-corrected chi connectivity index (χ0v) is 23.6. The summed E-state index contributed by atoms with van der Waals surface area (Å²) >= 11 is 0. The molecule has 1 saturated carbocycles. The fourth-order valence-corrected chi connectivity index (χ4v) is 6.35. The topological polar surface area (TPSA) is 82.0 Å². The Morgan fingerprint density at radius 2 is 2.08 bits per heavy atom. The van der Waals surface area contributed by atoms with Crippen molar-refractivity contribution in [3.63, 3.8) is 0 Å². The first-order valence-corrected chi connectivity index (χ1v) is 14.2. The number of carbonyl (C=O) groups excluding carboxylic acids is 1. The van der Waals surface area contributed by atoms with Gasteiger partial charge >= 0.3 is 6.01 Å². The van der Waals surface area contributed by atoms with E-state index in [0.717, 1.165) is 61.4 Å². The van der Waals surface area contributed by atoms with Crippen LogP contribution in [0.5, 0.6) is 11.8 Å². The van der Waals surface area contributed by atoms with Crippen molar-refractivity contribution in [2.45, 2.75) is 45.7 Å². The summed E-state index contributed by atoms with van der Waals surface area (Å²) in [6, 6.07) is 9.07. The highest BCUT2D eigenvalue weighted by Gasteiger charge is 2.44. The largest absolute Gasteiger partial charge is 0.508 e. The average molecular weight is 540 g/mol. The van der Waals surface area contributed by atoms with E-state index < -0.39 is 0 Å². The molecule has 3 aromatic rings. The molecule has 8 nitrogen and oxygen atoms in total. The monoisotopic (exact) mass is 539 g/mol. The molecule has 8 heteroatoms. The number of rotatable bonds is 7. The maximum atomic E-state index is 14.0. The van der Waals surface area contributed by atoms with Gasteiger partial charge in [0.15, 0.2) is 0 Å². The van der Waals surface area contributed by atoms with Gasteiger partial charge in [0.05, 0.1) is 31.0 Å². The molecule has 3 heterocycles. The van der Waals surface area contributed by atoms with Crippen LogP contribution in [0.3, 0.4) is 0 Å². The van der Waals surface area contributed by atoms with E-state index in [4.69, 9.17) is 21.1 Å². The van der Waals surface area contributed by atoms with E-state index in [-0.39, 0.29) is 17.1 Å². The summed E-state index contributed by atoms with van der Waals surface area (Å²) in [5.74, 6) is 3.99. The number of aromatic hydroxyl groups is 1. The number of benzene rings is 2. The van der Waals surface area contributed by atoms with Gasteiger partial charge in [-0.25, -0.2) is 0 Å². The number of terminal acetylenes is 1. The van der Waals surface area contributed by atoms with Crippen LogP contribution in [0.4, 0.5) is 5.82 Å². The molecule has 0 spiro atoms. The van der Waals surface area contributed by atoms with Gasteiger partial charge in [0.25, 0.3) is 5.91 Å². The van der Waals surface area contributed by atoms with Crippen LogP contribution in [0.2, 0.25) is 0 Å². The molecule has 1 atom stereocenters. The second-order valence-electron chi connectivity index (χ2n) is 12.2. The molecule has 1 N–H and O–H groups in total. The number of fused-ring (bicyclic) bond motifs is 2. The standard InChI is InChI=1S/C32H37N5O3/c1-5-22-9-6-10-23-14-24(38)15-25(28(22)23)30(39)37-17-26-27(18-37)33-31(40-20-32(11-12-32)19-35(3)4)34-29(26)36-13-7-8-21(2)16-36/h1,6,9-10,14-15,21,38H,7-8,11-13,16-20H2,2-4H3. The van der Waals surface area contributed by atoms with E-state index >= 15 is 0 Å². The van der Waals surface area contributed by atoms with E-state index in [0.29, 0.717) is 48.1 Å². The quantitative estimate of drug-likeness (QED) is 0.445. The van der Waals surface area contributed by atoms with Gasteiger partial charge in [-0.2, -0.15) is 9.97 Å². The Hall–Kier alpha value is -3.83.